The number of amides is 1. The molecule has 120 valence electrons. The summed E-state index contributed by atoms with van der Waals surface area (Å²) in [7, 11) is 0. The van der Waals surface area contributed by atoms with E-state index in [0.29, 0.717) is 23.4 Å². The Morgan fingerprint density at radius 3 is 2.91 bits per heavy atom. The third-order valence-electron chi connectivity index (χ3n) is 3.77. The molecule has 6 heteroatoms. The number of nitrogens with zero attached hydrogens (tertiary/aromatic N) is 2. The number of ether oxygens (including phenoxy) is 1. The van der Waals surface area contributed by atoms with Gasteiger partial charge in [-0.2, -0.15) is 0 Å². The number of carbonyl (C=O) groups is 2. The summed E-state index contributed by atoms with van der Waals surface area (Å²) in [4.78, 5) is 28.4. The molecule has 2 aromatic rings. The zero-order chi connectivity index (χ0) is 16.6. The van der Waals surface area contributed by atoms with Crippen molar-refractivity contribution in [3.63, 3.8) is 0 Å². The maximum atomic E-state index is 12.2. The van der Waals surface area contributed by atoms with Gasteiger partial charge in [0.2, 0.25) is 5.91 Å². The molecule has 0 radical (unpaired) electrons. The van der Waals surface area contributed by atoms with E-state index in [-0.39, 0.29) is 18.2 Å². The van der Waals surface area contributed by atoms with Gasteiger partial charge in [0.05, 0.1) is 12.0 Å². The highest BCUT2D eigenvalue weighted by Crippen LogP contribution is 2.34. The molecule has 0 aliphatic carbocycles. The number of carbonyl (C=O) groups excluding carboxylic acids is 2. The molecule has 1 aliphatic heterocycles. The third kappa shape index (κ3) is 3.26. The molecule has 0 bridgehead atoms. The van der Waals surface area contributed by atoms with Gasteiger partial charge < -0.3 is 14.6 Å². The van der Waals surface area contributed by atoms with Crippen LogP contribution in [0.1, 0.15) is 36.5 Å². The number of aryl methyl sites for hydroxylation is 1. The lowest BCUT2D eigenvalue weighted by atomic mass is 9.93. The number of fused-ring (bicyclic) bond motifs is 1. The molecule has 23 heavy (non-hydrogen) atoms. The Balaban J connectivity index is 1.75. The second-order valence-corrected chi connectivity index (χ2v) is 6.32. The molecule has 0 saturated heterocycles. The lowest BCUT2D eigenvalue weighted by Gasteiger charge is -2.31. The van der Waals surface area contributed by atoms with Gasteiger partial charge in [-0.05, 0) is 39.0 Å². The van der Waals surface area contributed by atoms with Gasteiger partial charge in [0.15, 0.2) is 5.78 Å². The van der Waals surface area contributed by atoms with Crippen LogP contribution >= 0.6 is 0 Å². The van der Waals surface area contributed by atoms with E-state index in [1.54, 1.807) is 35.2 Å². The van der Waals surface area contributed by atoms with E-state index >= 15 is 0 Å². The minimum Gasteiger partial charge on any atom is -0.487 e. The van der Waals surface area contributed by atoms with Crippen molar-refractivity contribution in [2.75, 3.05) is 5.32 Å². The Bertz CT molecular complexity index is 777. The zero-order valence-electron chi connectivity index (χ0n) is 13.4. The Labute approximate surface area is 134 Å². The number of imidazole rings is 1. The van der Waals surface area contributed by atoms with Crippen molar-refractivity contribution in [3.05, 3.63) is 42.0 Å². The van der Waals surface area contributed by atoms with Crippen molar-refractivity contribution in [1.82, 2.24) is 9.55 Å². The fourth-order valence-electron chi connectivity index (χ4n) is 2.66. The fourth-order valence-corrected chi connectivity index (χ4v) is 2.66. The van der Waals surface area contributed by atoms with Gasteiger partial charge in [0, 0.05) is 18.1 Å². The van der Waals surface area contributed by atoms with Crippen LogP contribution in [0.5, 0.6) is 5.75 Å². The maximum absolute atomic E-state index is 12.2. The van der Waals surface area contributed by atoms with Crippen LogP contribution in [-0.2, 0) is 11.3 Å². The third-order valence-corrected chi connectivity index (χ3v) is 3.77. The quantitative estimate of drug-likeness (QED) is 0.945. The fraction of sp³-hybridized carbons (Fsp3) is 0.353. The summed E-state index contributed by atoms with van der Waals surface area (Å²) in [5.74, 6) is 1.19. The van der Waals surface area contributed by atoms with E-state index < -0.39 is 5.60 Å². The molecule has 1 N–H and O–H groups in total. The highest BCUT2D eigenvalue weighted by Gasteiger charge is 2.32. The first-order chi connectivity index (χ1) is 10.8. The minimum absolute atomic E-state index is 0.0257. The van der Waals surface area contributed by atoms with Gasteiger partial charge in [0.25, 0.3) is 0 Å². The van der Waals surface area contributed by atoms with E-state index in [4.69, 9.17) is 4.74 Å². The lowest BCUT2D eigenvalue weighted by Crippen LogP contribution is -2.35. The van der Waals surface area contributed by atoms with Gasteiger partial charge in [-0.25, -0.2) is 4.98 Å². The molecule has 1 aliphatic rings. The molecular weight excluding hydrogens is 294 g/mol. The predicted octanol–water partition coefficient (Wildman–Crippen LogP) is 2.57. The number of hydrogen-bond acceptors (Lipinski definition) is 4. The standard InChI is InChI=1S/C17H19N3O3/c1-11-18-6-7-20(11)10-16(22)19-12-4-5-15-13(8-12)14(21)9-17(2,3)23-15/h4-8H,9-10H2,1-3H3,(H,19,22). The number of anilines is 1. The summed E-state index contributed by atoms with van der Waals surface area (Å²) in [5.41, 5.74) is 0.609. The van der Waals surface area contributed by atoms with Crippen LogP contribution in [0.15, 0.2) is 30.6 Å². The largest absolute Gasteiger partial charge is 0.487 e. The molecule has 3 rings (SSSR count). The molecule has 1 aromatic heterocycles. The van der Waals surface area contributed by atoms with Gasteiger partial charge in [0.1, 0.15) is 23.7 Å². The first kappa shape index (κ1) is 15.3. The van der Waals surface area contributed by atoms with E-state index in [9.17, 15) is 9.59 Å². The summed E-state index contributed by atoms with van der Waals surface area (Å²) < 4.78 is 7.56. The second kappa shape index (κ2) is 5.53. The average molecular weight is 313 g/mol. The van der Waals surface area contributed by atoms with Crippen LogP contribution in [-0.4, -0.2) is 26.8 Å². The van der Waals surface area contributed by atoms with Gasteiger partial charge in [-0.15, -0.1) is 0 Å². The Morgan fingerprint density at radius 1 is 1.43 bits per heavy atom. The molecule has 0 atom stereocenters. The molecule has 0 unspecified atom stereocenters. The average Bonchev–Trinajstić information content (AvgIpc) is 2.84. The number of nitrogens with one attached hydrogen (secondary N) is 1. The van der Waals surface area contributed by atoms with E-state index in [2.05, 4.69) is 10.3 Å². The maximum Gasteiger partial charge on any atom is 0.244 e. The van der Waals surface area contributed by atoms with Gasteiger partial charge >= 0.3 is 0 Å². The molecule has 0 fully saturated rings. The van der Waals surface area contributed by atoms with Crippen LogP contribution in [0, 0.1) is 6.92 Å². The normalized spacial score (nSPS) is 15.7. The van der Waals surface area contributed by atoms with Gasteiger partial charge in [-0.1, -0.05) is 0 Å². The topological polar surface area (TPSA) is 73.2 Å². The molecule has 0 spiro atoms. The monoisotopic (exact) mass is 313 g/mol. The van der Waals surface area contributed by atoms with E-state index in [1.807, 2.05) is 20.8 Å². The summed E-state index contributed by atoms with van der Waals surface area (Å²) in [6.45, 7) is 5.79. The molecule has 2 heterocycles. The van der Waals surface area contributed by atoms with Crippen LogP contribution in [0.4, 0.5) is 5.69 Å². The van der Waals surface area contributed by atoms with Crippen molar-refractivity contribution in [1.29, 1.82) is 0 Å². The number of aromatic nitrogens is 2. The van der Waals surface area contributed by atoms with Crippen molar-refractivity contribution in [3.8, 4) is 5.75 Å². The number of ketones is 1. The Hall–Kier alpha value is -2.63. The molecule has 1 aromatic carbocycles. The van der Waals surface area contributed by atoms with Crippen molar-refractivity contribution >= 4 is 17.4 Å². The lowest BCUT2D eigenvalue weighted by molar-refractivity contribution is -0.116. The molecule has 1 amide bonds. The summed E-state index contributed by atoms with van der Waals surface area (Å²) in [6.07, 6.45) is 3.73. The summed E-state index contributed by atoms with van der Waals surface area (Å²) in [6, 6.07) is 5.14. The smallest absolute Gasteiger partial charge is 0.244 e. The van der Waals surface area contributed by atoms with Crippen molar-refractivity contribution < 1.29 is 14.3 Å². The number of rotatable bonds is 3. The van der Waals surface area contributed by atoms with E-state index in [0.717, 1.165) is 5.82 Å². The van der Waals surface area contributed by atoms with Crippen LogP contribution < -0.4 is 10.1 Å². The highest BCUT2D eigenvalue weighted by molar-refractivity contribution is 6.02. The van der Waals surface area contributed by atoms with Crippen LogP contribution in [0.25, 0.3) is 0 Å². The zero-order valence-corrected chi connectivity index (χ0v) is 13.4. The summed E-state index contributed by atoms with van der Waals surface area (Å²) >= 11 is 0. The molecular formula is C17H19N3O3. The van der Waals surface area contributed by atoms with Crippen molar-refractivity contribution in [2.45, 2.75) is 39.3 Å². The Morgan fingerprint density at radius 2 is 2.22 bits per heavy atom. The van der Waals surface area contributed by atoms with Gasteiger partial charge in [-0.3, -0.25) is 9.59 Å². The Kier molecular flexibility index (Phi) is 3.67. The SMILES string of the molecule is Cc1nccn1CC(=O)Nc1ccc2c(c1)C(=O)CC(C)(C)O2. The highest BCUT2D eigenvalue weighted by atomic mass is 16.5. The number of hydrogen-bond donors (Lipinski definition) is 1. The van der Waals surface area contributed by atoms with Crippen LogP contribution in [0.2, 0.25) is 0 Å². The van der Waals surface area contributed by atoms with Crippen LogP contribution in [0.3, 0.4) is 0 Å². The van der Waals surface area contributed by atoms with E-state index in [1.165, 1.54) is 0 Å². The molecule has 0 saturated carbocycles. The first-order valence-corrected chi connectivity index (χ1v) is 7.48. The first-order valence-electron chi connectivity index (χ1n) is 7.48. The minimum atomic E-state index is -0.492. The number of Topliss-reactive ketones (excluding diaryl/α,β-unsaturated/α-hetero) is 1. The van der Waals surface area contributed by atoms with Crippen molar-refractivity contribution in [2.24, 2.45) is 0 Å². The second-order valence-electron chi connectivity index (χ2n) is 6.32. The predicted molar refractivity (Wildman–Crippen MR) is 85.7 cm³/mol. The number of benzene rings is 1. The molecule has 6 nitrogen and oxygen atoms in total. The summed E-state index contributed by atoms with van der Waals surface area (Å²) in [5, 5.41) is 2.80.